The minimum Gasteiger partial charge on any atom is -0.385 e. The lowest BCUT2D eigenvalue weighted by Gasteiger charge is -2.16. The molecule has 0 saturated carbocycles. The SMILES string of the molecule is Cn1c(N)cc(-c2cccnc2)c2c(=O)nc(N)nc1-2. The van der Waals surface area contributed by atoms with E-state index in [4.69, 9.17) is 11.5 Å². The zero-order chi connectivity index (χ0) is 14.3. The normalized spacial score (nSPS) is 10.8. The van der Waals surface area contributed by atoms with Gasteiger partial charge in [-0.15, -0.1) is 0 Å². The van der Waals surface area contributed by atoms with Crippen LogP contribution in [0.3, 0.4) is 0 Å². The number of rotatable bonds is 1. The molecule has 0 atom stereocenters. The second-order valence-corrected chi connectivity index (χ2v) is 4.37. The number of pyridine rings is 2. The van der Waals surface area contributed by atoms with Gasteiger partial charge < -0.3 is 16.0 Å². The van der Waals surface area contributed by atoms with Gasteiger partial charge in [0.1, 0.15) is 5.82 Å². The molecule has 0 unspecified atom stereocenters. The van der Waals surface area contributed by atoms with Crippen LogP contribution in [0.5, 0.6) is 0 Å². The van der Waals surface area contributed by atoms with Crippen LogP contribution in [0.4, 0.5) is 11.8 Å². The number of anilines is 2. The Labute approximate surface area is 114 Å². The maximum Gasteiger partial charge on any atom is 0.284 e. The Morgan fingerprint density at radius 3 is 2.75 bits per heavy atom. The van der Waals surface area contributed by atoms with Gasteiger partial charge in [-0.2, -0.15) is 9.97 Å². The highest BCUT2D eigenvalue weighted by atomic mass is 16.1. The zero-order valence-electron chi connectivity index (χ0n) is 10.7. The third kappa shape index (κ3) is 1.76. The lowest BCUT2D eigenvalue weighted by Crippen LogP contribution is -2.20. The van der Waals surface area contributed by atoms with Gasteiger partial charge in [-0.1, -0.05) is 6.07 Å². The number of nitrogens with two attached hydrogens (primary N) is 2. The van der Waals surface area contributed by atoms with Crippen LogP contribution in [-0.2, 0) is 7.05 Å². The summed E-state index contributed by atoms with van der Waals surface area (Å²) in [6, 6.07) is 5.34. The van der Waals surface area contributed by atoms with Crippen molar-refractivity contribution in [3.05, 3.63) is 40.9 Å². The van der Waals surface area contributed by atoms with E-state index < -0.39 is 5.56 Å². The fourth-order valence-corrected chi connectivity index (χ4v) is 2.11. The molecule has 100 valence electrons. The molecular formula is C13H12N6O. The molecule has 0 aromatic carbocycles. The van der Waals surface area contributed by atoms with E-state index in [-0.39, 0.29) is 5.95 Å². The van der Waals surface area contributed by atoms with Crippen LogP contribution in [0.1, 0.15) is 0 Å². The minimum absolute atomic E-state index is 0.0687. The molecule has 20 heavy (non-hydrogen) atoms. The molecule has 4 N–H and O–H groups in total. The molecule has 2 aliphatic heterocycles. The highest BCUT2D eigenvalue weighted by Crippen LogP contribution is 2.31. The van der Waals surface area contributed by atoms with Gasteiger partial charge in [-0.25, -0.2) is 0 Å². The summed E-state index contributed by atoms with van der Waals surface area (Å²) in [4.78, 5) is 24.0. The van der Waals surface area contributed by atoms with Gasteiger partial charge in [0.2, 0.25) is 5.95 Å². The van der Waals surface area contributed by atoms with Crippen LogP contribution >= 0.6 is 0 Å². The van der Waals surface area contributed by atoms with Crippen molar-refractivity contribution in [1.82, 2.24) is 19.5 Å². The van der Waals surface area contributed by atoms with E-state index in [1.165, 1.54) is 0 Å². The Morgan fingerprint density at radius 2 is 2.05 bits per heavy atom. The first kappa shape index (κ1) is 12.1. The molecule has 0 fully saturated rings. The predicted molar refractivity (Wildman–Crippen MR) is 76.0 cm³/mol. The van der Waals surface area contributed by atoms with Gasteiger partial charge in [0.15, 0.2) is 5.82 Å². The smallest absolute Gasteiger partial charge is 0.284 e. The molecule has 3 rings (SSSR count). The Hall–Kier alpha value is -2.96. The Bertz CT molecular complexity index is 811. The summed E-state index contributed by atoms with van der Waals surface area (Å²) in [5.41, 5.74) is 12.9. The number of nitrogen functional groups attached to an aromatic ring is 2. The predicted octanol–water partition coefficient (Wildman–Crippen LogP) is 0.507. The van der Waals surface area contributed by atoms with Crippen molar-refractivity contribution in [3.8, 4) is 22.5 Å². The highest BCUT2D eigenvalue weighted by Gasteiger charge is 2.20. The number of aromatic nitrogens is 4. The number of hydrogen-bond acceptors (Lipinski definition) is 6. The average molecular weight is 268 g/mol. The van der Waals surface area contributed by atoms with Gasteiger partial charge in [0.25, 0.3) is 5.56 Å². The summed E-state index contributed by atoms with van der Waals surface area (Å²) in [7, 11) is 1.72. The van der Waals surface area contributed by atoms with E-state index in [2.05, 4.69) is 15.0 Å². The van der Waals surface area contributed by atoms with Crippen molar-refractivity contribution in [2.24, 2.45) is 7.05 Å². The molecule has 2 aliphatic rings. The van der Waals surface area contributed by atoms with Crippen LogP contribution in [0, 0.1) is 0 Å². The summed E-state index contributed by atoms with van der Waals surface area (Å²) in [6.07, 6.45) is 3.31. The highest BCUT2D eigenvalue weighted by molar-refractivity contribution is 5.83. The molecule has 0 bridgehead atoms. The maximum atomic E-state index is 12.2. The fourth-order valence-electron chi connectivity index (χ4n) is 2.11. The van der Waals surface area contributed by atoms with Crippen molar-refractivity contribution in [1.29, 1.82) is 0 Å². The lowest BCUT2D eigenvalue weighted by molar-refractivity contribution is 0.884. The van der Waals surface area contributed by atoms with Crippen molar-refractivity contribution >= 4 is 11.8 Å². The monoisotopic (exact) mass is 268 g/mol. The zero-order valence-corrected chi connectivity index (χ0v) is 10.7. The van der Waals surface area contributed by atoms with E-state index >= 15 is 0 Å². The van der Waals surface area contributed by atoms with Gasteiger partial charge in [-0.05, 0) is 12.1 Å². The summed E-state index contributed by atoms with van der Waals surface area (Å²) in [5, 5.41) is 0. The summed E-state index contributed by atoms with van der Waals surface area (Å²) in [6.45, 7) is 0. The molecule has 1 aromatic heterocycles. The average Bonchev–Trinajstić information content (AvgIpc) is 2.43. The van der Waals surface area contributed by atoms with E-state index in [0.29, 0.717) is 22.8 Å². The molecule has 0 saturated heterocycles. The number of fused-ring (bicyclic) bond motifs is 1. The fraction of sp³-hybridized carbons (Fsp3) is 0.0769. The summed E-state index contributed by atoms with van der Waals surface area (Å²) in [5.74, 6) is 0.802. The molecule has 0 spiro atoms. The van der Waals surface area contributed by atoms with Crippen molar-refractivity contribution in [3.63, 3.8) is 0 Å². The Morgan fingerprint density at radius 1 is 1.25 bits per heavy atom. The first-order valence-corrected chi connectivity index (χ1v) is 5.91. The standard InChI is InChI=1S/C13H12N6O/c1-19-9(14)5-8(7-3-2-4-16-6-7)10-11(19)17-13(15)18-12(10)20/h2-6H,14H2,1H3,(H2,15,18,20). The quantitative estimate of drug-likeness (QED) is 0.664. The van der Waals surface area contributed by atoms with Gasteiger partial charge >= 0.3 is 0 Å². The summed E-state index contributed by atoms with van der Waals surface area (Å²) >= 11 is 0. The van der Waals surface area contributed by atoms with Crippen LogP contribution in [0.15, 0.2) is 35.4 Å². The second-order valence-electron chi connectivity index (χ2n) is 4.37. The summed E-state index contributed by atoms with van der Waals surface area (Å²) < 4.78 is 1.61. The third-order valence-corrected chi connectivity index (χ3v) is 3.11. The van der Waals surface area contributed by atoms with Gasteiger partial charge in [-0.3, -0.25) is 9.78 Å². The molecule has 3 heterocycles. The molecule has 7 nitrogen and oxygen atoms in total. The van der Waals surface area contributed by atoms with Crippen molar-refractivity contribution < 1.29 is 0 Å². The maximum absolute atomic E-state index is 12.2. The van der Waals surface area contributed by atoms with Crippen LogP contribution < -0.4 is 17.0 Å². The lowest BCUT2D eigenvalue weighted by atomic mass is 10.0. The van der Waals surface area contributed by atoms with Gasteiger partial charge in [0.05, 0.1) is 5.56 Å². The van der Waals surface area contributed by atoms with Crippen LogP contribution in [0.25, 0.3) is 22.5 Å². The van der Waals surface area contributed by atoms with Crippen LogP contribution in [0.2, 0.25) is 0 Å². The van der Waals surface area contributed by atoms with Crippen molar-refractivity contribution in [2.45, 2.75) is 0 Å². The molecule has 0 aliphatic carbocycles. The van der Waals surface area contributed by atoms with E-state index in [1.807, 2.05) is 6.07 Å². The Balaban J connectivity index is 2.46. The second kappa shape index (κ2) is 4.30. The van der Waals surface area contributed by atoms with Gasteiger partial charge in [0, 0.05) is 30.6 Å². The Kier molecular flexibility index (Phi) is 2.60. The largest absolute Gasteiger partial charge is 0.385 e. The van der Waals surface area contributed by atoms with E-state index in [0.717, 1.165) is 5.56 Å². The first-order valence-electron chi connectivity index (χ1n) is 5.91. The van der Waals surface area contributed by atoms with Crippen molar-refractivity contribution in [2.75, 3.05) is 11.5 Å². The molecular weight excluding hydrogens is 256 g/mol. The van der Waals surface area contributed by atoms with E-state index in [9.17, 15) is 4.79 Å². The molecule has 0 radical (unpaired) electrons. The van der Waals surface area contributed by atoms with E-state index in [1.54, 1.807) is 36.1 Å². The molecule has 1 aromatic rings. The topological polar surface area (TPSA) is 113 Å². The molecule has 0 amide bonds. The molecule has 7 heteroatoms. The minimum atomic E-state index is -0.429. The first-order chi connectivity index (χ1) is 9.58. The third-order valence-electron chi connectivity index (χ3n) is 3.11. The number of nitrogens with zero attached hydrogens (tertiary/aromatic N) is 4. The van der Waals surface area contributed by atoms with Crippen LogP contribution in [-0.4, -0.2) is 19.5 Å². The number of hydrogen-bond donors (Lipinski definition) is 2.